The third-order valence-corrected chi connectivity index (χ3v) is 4.68. The van der Waals surface area contributed by atoms with Crippen LogP contribution in [0.25, 0.3) is 11.0 Å². The first-order chi connectivity index (χ1) is 12.6. The van der Waals surface area contributed by atoms with Gasteiger partial charge in [0.2, 0.25) is 0 Å². The zero-order valence-electron chi connectivity index (χ0n) is 14.4. The summed E-state index contributed by atoms with van der Waals surface area (Å²) in [7, 11) is 0. The maximum atomic E-state index is 12.8. The van der Waals surface area contributed by atoms with Crippen LogP contribution >= 0.6 is 0 Å². The van der Waals surface area contributed by atoms with E-state index in [0.717, 1.165) is 5.69 Å². The van der Waals surface area contributed by atoms with Crippen LogP contribution in [0.3, 0.4) is 0 Å². The Kier molecular flexibility index (Phi) is 4.08. The topological polar surface area (TPSA) is 88.6 Å². The Bertz CT molecular complexity index is 1040. The molecule has 1 N–H and O–H groups in total. The number of benzene rings is 1. The average molecular weight is 353 g/mol. The van der Waals surface area contributed by atoms with Crippen LogP contribution in [0, 0.1) is 0 Å². The van der Waals surface area contributed by atoms with Gasteiger partial charge in [-0.05, 0) is 24.6 Å². The molecule has 3 aromatic rings. The Hall–Kier alpha value is -2.93. The van der Waals surface area contributed by atoms with Crippen LogP contribution in [0.2, 0.25) is 0 Å². The SMILES string of the molecule is CCC(O)c1cc2n(n1)CCN(C(=O)c1cc(=O)c3ccccc3o1)C2. The van der Waals surface area contributed by atoms with E-state index < -0.39 is 6.10 Å². The minimum atomic E-state index is -0.601. The van der Waals surface area contributed by atoms with Crippen LogP contribution < -0.4 is 5.43 Å². The van der Waals surface area contributed by atoms with E-state index in [9.17, 15) is 14.7 Å². The summed E-state index contributed by atoms with van der Waals surface area (Å²) in [6.45, 7) is 3.25. The Balaban J connectivity index is 1.62. The molecule has 4 rings (SSSR count). The number of nitrogens with zero attached hydrogens (tertiary/aromatic N) is 3. The van der Waals surface area contributed by atoms with E-state index >= 15 is 0 Å². The maximum absolute atomic E-state index is 12.8. The largest absolute Gasteiger partial charge is 0.451 e. The summed E-state index contributed by atoms with van der Waals surface area (Å²) in [4.78, 5) is 26.7. The molecule has 0 saturated heterocycles. The second-order valence-corrected chi connectivity index (χ2v) is 6.41. The molecule has 7 nitrogen and oxygen atoms in total. The lowest BCUT2D eigenvalue weighted by atomic mass is 10.2. The number of amides is 1. The van der Waals surface area contributed by atoms with Gasteiger partial charge in [-0.25, -0.2) is 0 Å². The van der Waals surface area contributed by atoms with Gasteiger partial charge < -0.3 is 14.4 Å². The first-order valence-electron chi connectivity index (χ1n) is 8.63. The van der Waals surface area contributed by atoms with Gasteiger partial charge in [0.25, 0.3) is 5.91 Å². The van der Waals surface area contributed by atoms with E-state index in [4.69, 9.17) is 4.42 Å². The van der Waals surface area contributed by atoms with Crippen molar-refractivity contribution in [2.24, 2.45) is 0 Å². The highest BCUT2D eigenvalue weighted by Crippen LogP contribution is 2.21. The molecule has 26 heavy (non-hydrogen) atoms. The van der Waals surface area contributed by atoms with Crippen molar-refractivity contribution in [1.82, 2.24) is 14.7 Å². The van der Waals surface area contributed by atoms with Crippen molar-refractivity contribution in [2.75, 3.05) is 6.54 Å². The highest BCUT2D eigenvalue weighted by molar-refractivity contribution is 5.93. The molecule has 0 aliphatic carbocycles. The number of hydrogen-bond acceptors (Lipinski definition) is 5. The van der Waals surface area contributed by atoms with Crippen molar-refractivity contribution >= 4 is 16.9 Å². The standard InChI is InChI=1S/C19H19N3O4/c1-2-15(23)14-9-12-11-21(7-8-22(12)20-14)19(25)18-10-16(24)13-5-3-4-6-17(13)26-18/h3-6,9-10,15,23H,2,7-8,11H2,1H3. The van der Waals surface area contributed by atoms with E-state index in [1.54, 1.807) is 29.2 Å². The van der Waals surface area contributed by atoms with Gasteiger partial charge in [0, 0.05) is 12.6 Å². The van der Waals surface area contributed by atoms with Crippen LogP contribution in [0.15, 0.2) is 45.6 Å². The third-order valence-electron chi connectivity index (χ3n) is 4.68. The van der Waals surface area contributed by atoms with Crippen LogP contribution in [0.4, 0.5) is 0 Å². The van der Waals surface area contributed by atoms with Crippen LogP contribution in [0.5, 0.6) is 0 Å². The minimum Gasteiger partial charge on any atom is -0.451 e. The highest BCUT2D eigenvalue weighted by atomic mass is 16.3. The van der Waals surface area contributed by atoms with Gasteiger partial charge in [-0.1, -0.05) is 19.1 Å². The summed E-state index contributed by atoms with van der Waals surface area (Å²) < 4.78 is 7.47. The molecule has 0 saturated carbocycles. The lowest BCUT2D eigenvalue weighted by Gasteiger charge is -2.27. The molecule has 0 bridgehead atoms. The second-order valence-electron chi connectivity index (χ2n) is 6.41. The molecule has 1 atom stereocenters. The van der Waals surface area contributed by atoms with Gasteiger partial charge in [0.05, 0.1) is 36.0 Å². The minimum absolute atomic E-state index is 0.0375. The summed E-state index contributed by atoms with van der Waals surface area (Å²) in [5.41, 5.74) is 1.65. The van der Waals surface area contributed by atoms with Crippen LogP contribution in [0.1, 0.15) is 41.4 Å². The van der Waals surface area contributed by atoms with E-state index in [0.29, 0.717) is 42.7 Å². The number of para-hydroxylation sites is 1. The molecule has 0 fully saturated rings. The van der Waals surface area contributed by atoms with Gasteiger partial charge >= 0.3 is 0 Å². The zero-order valence-corrected chi connectivity index (χ0v) is 14.4. The molecule has 2 aromatic heterocycles. The van der Waals surface area contributed by atoms with Gasteiger partial charge in [-0.15, -0.1) is 0 Å². The number of rotatable bonds is 3. The first-order valence-corrected chi connectivity index (χ1v) is 8.63. The predicted molar refractivity (Wildman–Crippen MR) is 94.7 cm³/mol. The fourth-order valence-electron chi connectivity index (χ4n) is 3.20. The van der Waals surface area contributed by atoms with E-state index in [1.807, 2.05) is 17.7 Å². The summed E-state index contributed by atoms with van der Waals surface area (Å²) in [5.74, 6) is -0.284. The number of aromatic nitrogens is 2. The van der Waals surface area contributed by atoms with E-state index in [2.05, 4.69) is 5.10 Å². The molecule has 134 valence electrons. The van der Waals surface area contributed by atoms with Crippen LogP contribution in [-0.2, 0) is 13.1 Å². The summed E-state index contributed by atoms with van der Waals surface area (Å²) in [6.07, 6.45) is -0.0165. The Morgan fingerprint density at radius 1 is 1.31 bits per heavy atom. The smallest absolute Gasteiger partial charge is 0.290 e. The molecule has 1 aliphatic rings. The summed E-state index contributed by atoms with van der Waals surface area (Å²) in [5, 5.41) is 14.8. The van der Waals surface area contributed by atoms with Gasteiger partial charge in [-0.3, -0.25) is 14.3 Å². The zero-order chi connectivity index (χ0) is 18.3. The van der Waals surface area contributed by atoms with Crippen molar-refractivity contribution in [3.8, 4) is 0 Å². The molecule has 7 heteroatoms. The molecule has 1 aliphatic heterocycles. The molecule has 1 aromatic carbocycles. The summed E-state index contributed by atoms with van der Waals surface area (Å²) in [6, 6.07) is 9.95. The molecular formula is C19H19N3O4. The van der Waals surface area contributed by atoms with Gasteiger partial charge in [0.1, 0.15) is 5.58 Å². The highest BCUT2D eigenvalue weighted by Gasteiger charge is 2.26. The number of carbonyl (C=O) groups excluding carboxylic acids is 1. The Labute approximate surface area is 149 Å². The molecule has 0 radical (unpaired) electrons. The average Bonchev–Trinajstić information content (AvgIpc) is 3.10. The summed E-state index contributed by atoms with van der Waals surface area (Å²) >= 11 is 0. The molecule has 3 heterocycles. The molecular weight excluding hydrogens is 334 g/mol. The Morgan fingerprint density at radius 2 is 2.12 bits per heavy atom. The van der Waals surface area contributed by atoms with Crippen LogP contribution in [-0.4, -0.2) is 32.2 Å². The van der Waals surface area contributed by atoms with Crippen molar-refractivity contribution in [1.29, 1.82) is 0 Å². The molecule has 1 unspecified atom stereocenters. The predicted octanol–water partition coefficient (Wildman–Crippen LogP) is 2.09. The molecule has 1 amide bonds. The van der Waals surface area contributed by atoms with Crippen molar-refractivity contribution in [2.45, 2.75) is 32.5 Å². The maximum Gasteiger partial charge on any atom is 0.290 e. The van der Waals surface area contributed by atoms with Gasteiger partial charge in [-0.2, -0.15) is 5.10 Å². The number of aliphatic hydroxyl groups excluding tert-OH is 1. The number of fused-ring (bicyclic) bond motifs is 2. The fourth-order valence-corrected chi connectivity index (χ4v) is 3.20. The van der Waals surface area contributed by atoms with Gasteiger partial charge in [0.15, 0.2) is 11.2 Å². The normalized spacial score (nSPS) is 15.1. The van der Waals surface area contributed by atoms with Crippen molar-refractivity contribution in [3.05, 3.63) is 63.8 Å². The quantitative estimate of drug-likeness (QED) is 0.779. The number of aliphatic hydroxyl groups is 1. The monoisotopic (exact) mass is 353 g/mol. The second kappa shape index (κ2) is 6.42. The van der Waals surface area contributed by atoms with Crippen molar-refractivity contribution < 1.29 is 14.3 Å². The number of hydrogen-bond donors (Lipinski definition) is 1. The van der Waals surface area contributed by atoms with Crippen molar-refractivity contribution in [3.63, 3.8) is 0 Å². The third kappa shape index (κ3) is 2.80. The number of carbonyl (C=O) groups is 1. The first kappa shape index (κ1) is 16.5. The molecule has 0 spiro atoms. The van der Waals surface area contributed by atoms with E-state index in [-0.39, 0.29) is 17.1 Å². The lowest BCUT2D eigenvalue weighted by Crippen LogP contribution is -2.38. The Morgan fingerprint density at radius 3 is 2.92 bits per heavy atom. The van der Waals surface area contributed by atoms with E-state index in [1.165, 1.54) is 6.07 Å². The lowest BCUT2D eigenvalue weighted by molar-refractivity contribution is 0.0674. The fraction of sp³-hybridized carbons (Fsp3) is 0.316.